The van der Waals surface area contributed by atoms with E-state index >= 15 is 0 Å². The van der Waals surface area contributed by atoms with Crippen LogP contribution >= 0.6 is 23.2 Å². The Morgan fingerprint density at radius 3 is 2.48 bits per heavy atom. The number of amides is 2. The van der Waals surface area contributed by atoms with Gasteiger partial charge in [-0.1, -0.05) is 41.4 Å². The lowest BCUT2D eigenvalue weighted by Crippen LogP contribution is -2.15. The Morgan fingerprint density at radius 2 is 1.83 bits per heavy atom. The van der Waals surface area contributed by atoms with Crippen molar-refractivity contribution in [2.24, 2.45) is 11.7 Å². The van der Waals surface area contributed by atoms with E-state index in [2.05, 4.69) is 5.32 Å². The van der Waals surface area contributed by atoms with Crippen LogP contribution in [-0.2, 0) is 4.79 Å². The fourth-order valence-corrected chi connectivity index (χ4v) is 3.18. The van der Waals surface area contributed by atoms with Crippen molar-refractivity contribution in [3.05, 3.63) is 63.6 Å². The van der Waals surface area contributed by atoms with Gasteiger partial charge in [-0.15, -0.1) is 0 Å². The number of primary amides is 1. The molecule has 0 heterocycles. The topological polar surface area (TPSA) is 72.2 Å². The molecule has 0 spiro atoms. The normalized spacial score (nSPS) is 19.2. The van der Waals surface area contributed by atoms with Gasteiger partial charge in [-0.2, -0.15) is 0 Å². The standard InChI is InChI=1S/C17H14Cl2N2O2/c18-14-4-2-1-3-10(14)12-8-13(12)17(23)21-9-5-6-11(16(20)22)15(19)7-9/h1-7,12-13H,8H2,(H2,20,22)(H,21,23). The second-order valence-electron chi connectivity index (χ2n) is 5.52. The third kappa shape index (κ3) is 3.33. The van der Waals surface area contributed by atoms with Crippen molar-refractivity contribution in [1.29, 1.82) is 0 Å². The maximum absolute atomic E-state index is 12.3. The van der Waals surface area contributed by atoms with Crippen LogP contribution in [0, 0.1) is 5.92 Å². The first kappa shape index (κ1) is 15.8. The highest BCUT2D eigenvalue weighted by atomic mass is 35.5. The molecule has 0 aromatic heterocycles. The molecule has 0 radical (unpaired) electrons. The van der Waals surface area contributed by atoms with Crippen molar-refractivity contribution in [3.8, 4) is 0 Å². The van der Waals surface area contributed by atoms with E-state index in [1.807, 2.05) is 24.3 Å². The summed E-state index contributed by atoms with van der Waals surface area (Å²) in [7, 11) is 0. The maximum Gasteiger partial charge on any atom is 0.250 e. The third-order valence-corrected chi connectivity index (χ3v) is 4.59. The lowest BCUT2D eigenvalue weighted by molar-refractivity contribution is -0.117. The molecule has 23 heavy (non-hydrogen) atoms. The molecule has 3 N–H and O–H groups in total. The van der Waals surface area contributed by atoms with Crippen LogP contribution in [-0.4, -0.2) is 11.8 Å². The second kappa shape index (κ2) is 6.22. The summed E-state index contributed by atoms with van der Waals surface area (Å²) < 4.78 is 0. The SMILES string of the molecule is NC(=O)c1ccc(NC(=O)C2CC2c2ccccc2Cl)cc1Cl. The van der Waals surface area contributed by atoms with Crippen molar-refractivity contribution < 1.29 is 9.59 Å². The van der Waals surface area contributed by atoms with Crippen LogP contribution in [0.2, 0.25) is 10.0 Å². The fourth-order valence-electron chi connectivity index (χ4n) is 2.63. The molecule has 1 aliphatic rings. The van der Waals surface area contributed by atoms with Gasteiger partial charge in [0.2, 0.25) is 11.8 Å². The van der Waals surface area contributed by atoms with Crippen molar-refractivity contribution in [3.63, 3.8) is 0 Å². The molecule has 118 valence electrons. The van der Waals surface area contributed by atoms with Gasteiger partial charge in [0.05, 0.1) is 10.6 Å². The molecule has 0 bridgehead atoms. The number of rotatable bonds is 4. The molecule has 2 aromatic carbocycles. The van der Waals surface area contributed by atoms with E-state index in [-0.39, 0.29) is 28.3 Å². The molecule has 2 aromatic rings. The van der Waals surface area contributed by atoms with E-state index < -0.39 is 5.91 Å². The molecule has 1 aliphatic carbocycles. The summed E-state index contributed by atoms with van der Waals surface area (Å²) in [5, 5.41) is 3.71. The zero-order valence-electron chi connectivity index (χ0n) is 12.1. The molecule has 0 saturated heterocycles. The number of hydrogen-bond acceptors (Lipinski definition) is 2. The Kier molecular flexibility index (Phi) is 4.28. The van der Waals surface area contributed by atoms with Crippen molar-refractivity contribution >= 4 is 40.7 Å². The summed E-state index contributed by atoms with van der Waals surface area (Å²) in [5.74, 6) is -0.653. The summed E-state index contributed by atoms with van der Waals surface area (Å²) in [4.78, 5) is 23.5. The number of halogens is 2. The molecule has 2 unspecified atom stereocenters. The van der Waals surface area contributed by atoms with Crippen LogP contribution in [0.3, 0.4) is 0 Å². The molecule has 2 amide bonds. The Balaban J connectivity index is 1.68. The van der Waals surface area contributed by atoms with Gasteiger partial charge in [0.1, 0.15) is 0 Å². The molecule has 2 atom stereocenters. The zero-order valence-corrected chi connectivity index (χ0v) is 13.6. The highest BCUT2D eigenvalue weighted by molar-refractivity contribution is 6.34. The first-order valence-electron chi connectivity index (χ1n) is 7.12. The van der Waals surface area contributed by atoms with Gasteiger partial charge >= 0.3 is 0 Å². The number of anilines is 1. The number of carbonyl (C=O) groups is 2. The van der Waals surface area contributed by atoms with Gasteiger partial charge in [-0.3, -0.25) is 9.59 Å². The van der Waals surface area contributed by atoms with E-state index in [1.54, 1.807) is 6.07 Å². The summed E-state index contributed by atoms with van der Waals surface area (Å²) in [6.45, 7) is 0. The fraction of sp³-hybridized carbons (Fsp3) is 0.176. The molecule has 1 fully saturated rings. The highest BCUT2D eigenvalue weighted by Crippen LogP contribution is 2.50. The second-order valence-corrected chi connectivity index (χ2v) is 6.33. The van der Waals surface area contributed by atoms with E-state index in [9.17, 15) is 9.59 Å². The number of benzene rings is 2. The minimum absolute atomic E-state index is 0.0854. The Morgan fingerprint density at radius 1 is 1.09 bits per heavy atom. The van der Waals surface area contributed by atoms with Gasteiger partial charge in [-0.05, 0) is 42.2 Å². The Hall–Kier alpha value is -2.04. The third-order valence-electron chi connectivity index (χ3n) is 3.93. The van der Waals surface area contributed by atoms with Gasteiger partial charge < -0.3 is 11.1 Å². The number of nitrogens with two attached hydrogens (primary N) is 1. The number of carbonyl (C=O) groups excluding carboxylic acids is 2. The Labute approximate surface area is 143 Å². The first-order chi connectivity index (χ1) is 11.0. The van der Waals surface area contributed by atoms with Crippen LogP contribution in [0.1, 0.15) is 28.3 Å². The summed E-state index contributed by atoms with van der Waals surface area (Å²) in [6.07, 6.45) is 0.767. The van der Waals surface area contributed by atoms with Crippen LogP contribution in [0.4, 0.5) is 5.69 Å². The minimum atomic E-state index is -0.603. The smallest absolute Gasteiger partial charge is 0.250 e. The van der Waals surface area contributed by atoms with E-state index in [1.165, 1.54) is 12.1 Å². The van der Waals surface area contributed by atoms with E-state index in [0.29, 0.717) is 10.7 Å². The number of nitrogens with one attached hydrogen (secondary N) is 1. The summed E-state index contributed by atoms with van der Waals surface area (Å²) in [5.41, 5.74) is 6.96. The van der Waals surface area contributed by atoms with Gasteiger partial charge in [-0.25, -0.2) is 0 Å². The molecule has 6 heteroatoms. The average Bonchev–Trinajstić information content (AvgIpc) is 3.28. The molecule has 4 nitrogen and oxygen atoms in total. The first-order valence-corrected chi connectivity index (χ1v) is 7.87. The monoisotopic (exact) mass is 348 g/mol. The van der Waals surface area contributed by atoms with Crippen molar-refractivity contribution in [2.75, 3.05) is 5.32 Å². The highest BCUT2D eigenvalue weighted by Gasteiger charge is 2.44. The quantitative estimate of drug-likeness (QED) is 0.880. The lowest BCUT2D eigenvalue weighted by atomic mass is 10.1. The van der Waals surface area contributed by atoms with Gasteiger partial charge in [0.15, 0.2) is 0 Å². The van der Waals surface area contributed by atoms with Crippen LogP contribution in [0.5, 0.6) is 0 Å². The number of hydrogen-bond donors (Lipinski definition) is 2. The predicted molar refractivity (Wildman–Crippen MR) is 90.9 cm³/mol. The van der Waals surface area contributed by atoms with Crippen LogP contribution < -0.4 is 11.1 Å². The summed E-state index contributed by atoms with van der Waals surface area (Å²) in [6, 6.07) is 12.2. The predicted octanol–water partition coefficient (Wildman–Crippen LogP) is 3.83. The maximum atomic E-state index is 12.3. The van der Waals surface area contributed by atoms with Crippen LogP contribution in [0.25, 0.3) is 0 Å². The van der Waals surface area contributed by atoms with E-state index in [4.69, 9.17) is 28.9 Å². The lowest BCUT2D eigenvalue weighted by Gasteiger charge is -2.08. The van der Waals surface area contributed by atoms with Crippen LogP contribution in [0.15, 0.2) is 42.5 Å². The van der Waals surface area contributed by atoms with Crippen molar-refractivity contribution in [1.82, 2.24) is 0 Å². The summed E-state index contributed by atoms with van der Waals surface area (Å²) >= 11 is 12.1. The van der Waals surface area contributed by atoms with Crippen molar-refractivity contribution in [2.45, 2.75) is 12.3 Å². The molecular weight excluding hydrogens is 335 g/mol. The van der Waals surface area contributed by atoms with E-state index in [0.717, 1.165) is 12.0 Å². The van der Waals surface area contributed by atoms with Gasteiger partial charge in [0, 0.05) is 16.6 Å². The minimum Gasteiger partial charge on any atom is -0.366 e. The average molecular weight is 349 g/mol. The van der Waals surface area contributed by atoms with Gasteiger partial charge in [0.25, 0.3) is 0 Å². The molecular formula is C17H14Cl2N2O2. The zero-order chi connectivity index (χ0) is 16.6. The molecule has 0 aliphatic heterocycles. The molecule has 3 rings (SSSR count). The molecule has 1 saturated carbocycles. The largest absolute Gasteiger partial charge is 0.366 e. The Bertz CT molecular complexity index is 792.